The molecule has 2 aromatic rings. The van der Waals surface area contributed by atoms with Crippen LogP contribution in [0.5, 0.6) is 5.88 Å². The van der Waals surface area contributed by atoms with Crippen molar-refractivity contribution >= 4 is 16.9 Å². The van der Waals surface area contributed by atoms with E-state index in [2.05, 4.69) is 24.1 Å². The van der Waals surface area contributed by atoms with Crippen molar-refractivity contribution in [2.24, 2.45) is 0 Å². The second kappa shape index (κ2) is 11.2. The quantitative estimate of drug-likeness (QED) is 0.529. The summed E-state index contributed by atoms with van der Waals surface area (Å²) in [6.45, 7) is 5.88. The van der Waals surface area contributed by atoms with Crippen molar-refractivity contribution in [1.29, 1.82) is 0 Å². The summed E-state index contributed by atoms with van der Waals surface area (Å²) in [7, 11) is 0. The Labute approximate surface area is 191 Å². The van der Waals surface area contributed by atoms with Crippen LogP contribution in [0.3, 0.4) is 0 Å². The zero-order valence-corrected chi connectivity index (χ0v) is 19.6. The Morgan fingerprint density at radius 1 is 1.09 bits per heavy atom. The molecule has 2 aromatic heterocycles. The van der Waals surface area contributed by atoms with Crippen LogP contribution in [-0.4, -0.2) is 51.5 Å². The number of hydrogen-bond acceptors (Lipinski definition) is 7. The van der Waals surface area contributed by atoms with Gasteiger partial charge in [-0.05, 0) is 44.9 Å². The average molecular weight is 443 g/mol. The summed E-state index contributed by atoms with van der Waals surface area (Å²) in [5.74, 6) is 1.64. The predicted octanol–water partition coefficient (Wildman–Crippen LogP) is 4.98. The number of nitrogens with one attached hydrogen (secondary N) is 1. The van der Waals surface area contributed by atoms with Crippen LogP contribution in [0.15, 0.2) is 12.4 Å². The lowest BCUT2D eigenvalue weighted by Gasteiger charge is -2.27. The average Bonchev–Trinajstić information content (AvgIpc) is 2.81. The van der Waals surface area contributed by atoms with Gasteiger partial charge in [0.15, 0.2) is 0 Å². The van der Waals surface area contributed by atoms with Crippen LogP contribution in [-0.2, 0) is 4.74 Å². The highest BCUT2D eigenvalue weighted by Gasteiger charge is 2.26. The lowest BCUT2D eigenvalue weighted by molar-refractivity contribution is 0.0244. The molecule has 4 rings (SSSR count). The Bertz CT molecular complexity index is 864. The number of pyridine rings is 1. The minimum Gasteiger partial charge on any atom is -0.474 e. The Morgan fingerprint density at radius 3 is 2.62 bits per heavy atom. The topological polar surface area (TPSA) is 89.4 Å². The minimum atomic E-state index is -0.183. The van der Waals surface area contributed by atoms with Crippen LogP contribution in [0.4, 0.5) is 5.95 Å². The SMILES string of the molecule is CCCCC[C@H](C)Nc1ncc2c(OC3CCOCC3)ncc([C@H]3CC[C@H](O)CC3)c2n1. The van der Waals surface area contributed by atoms with E-state index in [9.17, 15) is 5.11 Å². The summed E-state index contributed by atoms with van der Waals surface area (Å²) in [6.07, 6.45) is 13.9. The van der Waals surface area contributed by atoms with Gasteiger partial charge in [-0.1, -0.05) is 26.2 Å². The van der Waals surface area contributed by atoms with Gasteiger partial charge >= 0.3 is 0 Å². The van der Waals surface area contributed by atoms with Gasteiger partial charge in [-0.3, -0.25) is 0 Å². The fourth-order valence-electron chi connectivity index (χ4n) is 4.81. The molecule has 2 aliphatic rings. The number of hydrogen-bond donors (Lipinski definition) is 2. The molecular weight excluding hydrogens is 404 g/mol. The molecule has 1 saturated heterocycles. The summed E-state index contributed by atoms with van der Waals surface area (Å²) in [6, 6.07) is 0.326. The lowest BCUT2D eigenvalue weighted by atomic mass is 9.83. The van der Waals surface area contributed by atoms with Gasteiger partial charge in [0.05, 0.1) is 30.2 Å². The Balaban J connectivity index is 1.60. The van der Waals surface area contributed by atoms with E-state index in [-0.39, 0.29) is 12.2 Å². The predicted molar refractivity (Wildman–Crippen MR) is 126 cm³/mol. The van der Waals surface area contributed by atoms with E-state index in [1.807, 2.05) is 12.4 Å². The van der Waals surface area contributed by atoms with Crippen LogP contribution < -0.4 is 10.1 Å². The van der Waals surface area contributed by atoms with Crippen molar-refractivity contribution < 1.29 is 14.6 Å². The van der Waals surface area contributed by atoms with Gasteiger partial charge in [-0.2, -0.15) is 0 Å². The van der Waals surface area contributed by atoms with E-state index in [4.69, 9.17) is 19.4 Å². The highest BCUT2D eigenvalue weighted by molar-refractivity contribution is 5.86. The van der Waals surface area contributed by atoms with Crippen LogP contribution >= 0.6 is 0 Å². The molecule has 1 aliphatic heterocycles. The van der Waals surface area contributed by atoms with Crippen molar-refractivity contribution in [2.75, 3.05) is 18.5 Å². The van der Waals surface area contributed by atoms with Crippen molar-refractivity contribution in [2.45, 2.75) is 102 Å². The molecule has 2 fully saturated rings. The summed E-state index contributed by atoms with van der Waals surface area (Å²) in [5.41, 5.74) is 2.08. The first-order chi connectivity index (χ1) is 15.6. The van der Waals surface area contributed by atoms with E-state index in [1.165, 1.54) is 19.3 Å². The van der Waals surface area contributed by atoms with Gasteiger partial charge in [0, 0.05) is 36.8 Å². The molecule has 0 aromatic carbocycles. The Hall–Kier alpha value is -1.99. The number of aliphatic hydroxyl groups excluding tert-OH is 1. The first kappa shape index (κ1) is 23.2. The maximum absolute atomic E-state index is 9.96. The molecule has 1 aliphatic carbocycles. The molecule has 0 bridgehead atoms. The second-order valence-corrected chi connectivity index (χ2v) is 9.45. The molecule has 0 unspecified atom stereocenters. The van der Waals surface area contributed by atoms with Gasteiger partial charge in [0.2, 0.25) is 11.8 Å². The highest BCUT2D eigenvalue weighted by Crippen LogP contribution is 2.38. The lowest BCUT2D eigenvalue weighted by Crippen LogP contribution is -2.26. The van der Waals surface area contributed by atoms with Crippen LogP contribution in [0.2, 0.25) is 0 Å². The van der Waals surface area contributed by atoms with Gasteiger partial charge in [0.1, 0.15) is 6.10 Å². The standard InChI is InChI=1S/C25H38N4O3/c1-3-4-5-6-17(2)28-25-27-16-22-23(29-25)21(18-7-9-19(30)10-8-18)15-26-24(22)32-20-11-13-31-14-12-20/h15-20,30H,3-14H2,1-2H3,(H,27,28,29)/t17-,18-,19-/m0/s1. The van der Waals surface area contributed by atoms with E-state index < -0.39 is 0 Å². The van der Waals surface area contributed by atoms with E-state index >= 15 is 0 Å². The van der Waals surface area contributed by atoms with E-state index in [1.54, 1.807) is 0 Å². The van der Waals surface area contributed by atoms with Crippen molar-refractivity contribution in [3.05, 3.63) is 18.0 Å². The number of aromatic nitrogens is 3. The van der Waals surface area contributed by atoms with Crippen molar-refractivity contribution in [3.8, 4) is 5.88 Å². The third-order valence-corrected chi connectivity index (χ3v) is 6.81. The maximum Gasteiger partial charge on any atom is 0.224 e. The molecule has 2 N–H and O–H groups in total. The van der Waals surface area contributed by atoms with Gasteiger partial charge in [0.25, 0.3) is 0 Å². The van der Waals surface area contributed by atoms with Crippen molar-refractivity contribution in [1.82, 2.24) is 15.0 Å². The summed E-state index contributed by atoms with van der Waals surface area (Å²) >= 11 is 0. The van der Waals surface area contributed by atoms with Gasteiger partial charge in [-0.15, -0.1) is 0 Å². The molecule has 0 amide bonds. The number of fused-ring (bicyclic) bond motifs is 1. The number of nitrogens with zero attached hydrogens (tertiary/aromatic N) is 3. The normalized spacial score (nSPS) is 23.2. The summed E-state index contributed by atoms with van der Waals surface area (Å²) < 4.78 is 11.7. The number of rotatable bonds is 9. The molecule has 1 saturated carbocycles. The minimum absolute atomic E-state index is 0.117. The van der Waals surface area contributed by atoms with Crippen LogP contribution in [0.1, 0.15) is 89.5 Å². The van der Waals surface area contributed by atoms with Gasteiger partial charge < -0.3 is 19.9 Å². The fraction of sp³-hybridized carbons (Fsp3) is 0.720. The zero-order chi connectivity index (χ0) is 22.3. The Morgan fingerprint density at radius 2 is 1.88 bits per heavy atom. The zero-order valence-electron chi connectivity index (χ0n) is 19.6. The molecule has 7 nitrogen and oxygen atoms in total. The van der Waals surface area contributed by atoms with E-state index in [0.29, 0.717) is 23.8 Å². The largest absolute Gasteiger partial charge is 0.474 e. The molecule has 176 valence electrons. The number of unbranched alkanes of at least 4 members (excludes halogenated alkanes) is 2. The first-order valence-electron chi connectivity index (χ1n) is 12.5. The van der Waals surface area contributed by atoms with E-state index in [0.717, 1.165) is 74.6 Å². The third kappa shape index (κ3) is 5.87. The smallest absolute Gasteiger partial charge is 0.224 e. The third-order valence-electron chi connectivity index (χ3n) is 6.81. The fourth-order valence-corrected chi connectivity index (χ4v) is 4.81. The molecule has 0 spiro atoms. The number of aliphatic hydroxyl groups is 1. The van der Waals surface area contributed by atoms with Gasteiger partial charge in [-0.25, -0.2) is 15.0 Å². The number of anilines is 1. The molecule has 3 heterocycles. The molecular formula is C25H38N4O3. The molecule has 0 radical (unpaired) electrons. The molecule has 1 atom stereocenters. The van der Waals surface area contributed by atoms with Crippen molar-refractivity contribution in [3.63, 3.8) is 0 Å². The second-order valence-electron chi connectivity index (χ2n) is 9.45. The van der Waals surface area contributed by atoms with Crippen LogP contribution in [0.25, 0.3) is 10.9 Å². The number of ether oxygens (including phenoxy) is 2. The monoisotopic (exact) mass is 442 g/mol. The molecule has 7 heteroatoms. The summed E-state index contributed by atoms with van der Waals surface area (Å²) in [5, 5.41) is 14.3. The highest BCUT2D eigenvalue weighted by atomic mass is 16.5. The first-order valence-corrected chi connectivity index (χ1v) is 12.5. The molecule has 32 heavy (non-hydrogen) atoms. The summed E-state index contributed by atoms with van der Waals surface area (Å²) in [4.78, 5) is 14.3. The maximum atomic E-state index is 9.96. The Kier molecular flexibility index (Phi) is 8.14. The van der Waals surface area contributed by atoms with Crippen LogP contribution in [0, 0.1) is 0 Å².